The fraction of sp³-hybridized carbons (Fsp3) is 0.625. The Balaban J connectivity index is 2.32. The minimum atomic E-state index is 0.342. The minimum absolute atomic E-state index is 0.342. The Labute approximate surface area is 69.9 Å². The Kier molecular flexibility index (Phi) is 3.04. The van der Waals surface area contributed by atoms with Crippen molar-refractivity contribution < 1.29 is 4.74 Å². The zero-order valence-electron chi connectivity index (χ0n) is 5.85. The summed E-state index contributed by atoms with van der Waals surface area (Å²) >= 11 is 3.54. The lowest BCUT2D eigenvalue weighted by Gasteiger charge is -2.11. The number of hydrogen-bond acceptors (Lipinski definition) is 1. The van der Waals surface area contributed by atoms with Gasteiger partial charge in [0, 0.05) is 0 Å². The van der Waals surface area contributed by atoms with E-state index >= 15 is 0 Å². The Morgan fingerprint density at radius 3 is 2.90 bits per heavy atom. The van der Waals surface area contributed by atoms with Crippen LogP contribution in [-0.2, 0) is 4.74 Å². The maximum atomic E-state index is 5.32. The van der Waals surface area contributed by atoms with Crippen LogP contribution in [0, 0.1) is 0 Å². The van der Waals surface area contributed by atoms with Crippen molar-refractivity contribution in [1.82, 2.24) is 0 Å². The topological polar surface area (TPSA) is 9.23 Å². The molecule has 0 unspecified atom stereocenters. The van der Waals surface area contributed by atoms with Crippen LogP contribution in [0.5, 0.6) is 0 Å². The van der Waals surface area contributed by atoms with E-state index in [1.807, 2.05) is 0 Å². The largest absolute Gasteiger partial charge is 0.489 e. The van der Waals surface area contributed by atoms with Gasteiger partial charge in [0.05, 0.1) is 4.83 Å². The van der Waals surface area contributed by atoms with Crippen LogP contribution in [0.4, 0.5) is 0 Å². The van der Waals surface area contributed by atoms with E-state index in [2.05, 4.69) is 28.2 Å². The van der Waals surface area contributed by atoms with Crippen molar-refractivity contribution >= 4 is 15.9 Å². The molecule has 10 heavy (non-hydrogen) atoms. The Bertz CT molecular complexity index is 149. The zero-order valence-corrected chi connectivity index (χ0v) is 7.43. The summed E-state index contributed by atoms with van der Waals surface area (Å²) in [7, 11) is 0. The van der Waals surface area contributed by atoms with Gasteiger partial charge in [-0.1, -0.05) is 28.2 Å². The number of rotatable bonds is 2. The van der Waals surface area contributed by atoms with Crippen molar-refractivity contribution in [2.45, 2.75) is 30.2 Å². The van der Waals surface area contributed by atoms with Crippen molar-refractivity contribution in [3.63, 3.8) is 0 Å². The Morgan fingerprint density at radius 1 is 1.60 bits per heavy atom. The average molecular weight is 203 g/mol. The third-order valence-electron chi connectivity index (χ3n) is 1.70. The van der Waals surface area contributed by atoms with Gasteiger partial charge in [-0.2, -0.15) is 0 Å². The van der Waals surface area contributed by atoms with Crippen LogP contribution < -0.4 is 0 Å². The smallest absolute Gasteiger partial charge is 0.125 e. The fourth-order valence-electron chi connectivity index (χ4n) is 1.17. The molecule has 0 bridgehead atoms. The molecule has 2 heteroatoms. The Morgan fingerprint density at radius 2 is 2.40 bits per heavy atom. The van der Waals surface area contributed by atoms with Crippen LogP contribution in [0.2, 0.25) is 0 Å². The SMILES string of the molecule is C=C=CO[C@@H]1CCC[C@H]1Br. The number of hydrogen-bond donors (Lipinski definition) is 0. The molecule has 0 N–H and O–H groups in total. The molecule has 0 aliphatic heterocycles. The number of alkyl halides is 1. The highest BCUT2D eigenvalue weighted by Crippen LogP contribution is 2.27. The second-order valence-corrected chi connectivity index (χ2v) is 3.62. The summed E-state index contributed by atoms with van der Waals surface area (Å²) in [4.78, 5) is 0.525. The van der Waals surface area contributed by atoms with Crippen LogP contribution in [-0.4, -0.2) is 10.9 Å². The fourth-order valence-corrected chi connectivity index (χ4v) is 1.88. The Hall–Kier alpha value is -0.200. The van der Waals surface area contributed by atoms with E-state index in [1.54, 1.807) is 6.26 Å². The van der Waals surface area contributed by atoms with Gasteiger partial charge < -0.3 is 4.74 Å². The lowest BCUT2D eigenvalue weighted by molar-refractivity contribution is 0.157. The van der Waals surface area contributed by atoms with Gasteiger partial charge in [0.15, 0.2) is 0 Å². The van der Waals surface area contributed by atoms with Crippen LogP contribution in [0.15, 0.2) is 18.6 Å². The average Bonchev–Trinajstić information content (AvgIpc) is 2.31. The van der Waals surface area contributed by atoms with Crippen molar-refractivity contribution in [2.75, 3.05) is 0 Å². The first kappa shape index (κ1) is 7.90. The van der Waals surface area contributed by atoms with Crippen molar-refractivity contribution in [3.8, 4) is 0 Å². The highest BCUT2D eigenvalue weighted by Gasteiger charge is 2.25. The number of halogens is 1. The molecule has 0 amide bonds. The number of ether oxygens (including phenoxy) is 1. The summed E-state index contributed by atoms with van der Waals surface area (Å²) in [6, 6.07) is 0. The molecule has 0 heterocycles. The molecule has 0 aromatic heterocycles. The van der Waals surface area contributed by atoms with E-state index in [1.165, 1.54) is 12.8 Å². The molecule has 1 rings (SSSR count). The maximum Gasteiger partial charge on any atom is 0.125 e. The third kappa shape index (κ3) is 1.89. The molecule has 1 aliphatic rings. The van der Waals surface area contributed by atoms with E-state index < -0.39 is 0 Å². The lowest BCUT2D eigenvalue weighted by Crippen LogP contribution is -2.14. The zero-order chi connectivity index (χ0) is 7.40. The normalized spacial score (nSPS) is 31.3. The van der Waals surface area contributed by atoms with Crippen molar-refractivity contribution in [2.24, 2.45) is 0 Å². The molecule has 1 fully saturated rings. The predicted octanol–water partition coefficient (Wildman–Crippen LogP) is 2.62. The lowest BCUT2D eigenvalue weighted by atomic mass is 10.3. The molecule has 2 atom stereocenters. The van der Waals surface area contributed by atoms with E-state index in [4.69, 9.17) is 4.74 Å². The van der Waals surface area contributed by atoms with E-state index in [0.717, 1.165) is 6.42 Å². The summed E-state index contributed by atoms with van der Waals surface area (Å²) in [6.45, 7) is 3.43. The second-order valence-electron chi connectivity index (χ2n) is 2.44. The highest BCUT2D eigenvalue weighted by atomic mass is 79.9. The second kappa shape index (κ2) is 3.85. The summed E-state index contributed by atoms with van der Waals surface area (Å²) < 4.78 is 5.32. The van der Waals surface area contributed by atoms with Gasteiger partial charge in [-0.05, 0) is 19.3 Å². The van der Waals surface area contributed by atoms with Gasteiger partial charge >= 0.3 is 0 Å². The predicted molar refractivity (Wildman–Crippen MR) is 45.1 cm³/mol. The quantitative estimate of drug-likeness (QED) is 0.380. The van der Waals surface area contributed by atoms with Gasteiger partial charge in [0.1, 0.15) is 12.4 Å². The van der Waals surface area contributed by atoms with Gasteiger partial charge in [0.25, 0.3) is 0 Å². The van der Waals surface area contributed by atoms with Crippen molar-refractivity contribution in [3.05, 3.63) is 18.6 Å². The highest BCUT2D eigenvalue weighted by molar-refractivity contribution is 9.09. The molecule has 0 radical (unpaired) electrons. The van der Waals surface area contributed by atoms with E-state index in [0.29, 0.717) is 10.9 Å². The van der Waals surface area contributed by atoms with Crippen LogP contribution in [0.3, 0.4) is 0 Å². The van der Waals surface area contributed by atoms with Crippen LogP contribution in [0.25, 0.3) is 0 Å². The monoisotopic (exact) mass is 202 g/mol. The molecular weight excluding hydrogens is 192 g/mol. The van der Waals surface area contributed by atoms with Crippen LogP contribution >= 0.6 is 15.9 Å². The standard InChI is InChI=1S/C8H11BrO/c1-2-6-10-8-5-3-4-7(8)9/h6-8H,1,3-5H2/t7-,8-/m1/s1. The van der Waals surface area contributed by atoms with E-state index in [-0.39, 0.29) is 0 Å². The molecule has 56 valence electrons. The minimum Gasteiger partial charge on any atom is -0.489 e. The molecule has 1 nitrogen and oxygen atoms in total. The summed E-state index contributed by atoms with van der Waals surface area (Å²) in [5, 5.41) is 0. The first-order valence-corrected chi connectivity index (χ1v) is 4.40. The van der Waals surface area contributed by atoms with Gasteiger partial charge in [0.2, 0.25) is 0 Å². The molecular formula is C8H11BrO. The third-order valence-corrected chi connectivity index (χ3v) is 2.75. The molecule has 0 aromatic rings. The van der Waals surface area contributed by atoms with Gasteiger partial charge in [-0.3, -0.25) is 0 Å². The van der Waals surface area contributed by atoms with E-state index in [9.17, 15) is 0 Å². The molecule has 0 saturated heterocycles. The molecule has 0 aromatic carbocycles. The maximum absolute atomic E-state index is 5.32. The molecule has 1 aliphatic carbocycles. The summed E-state index contributed by atoms with van der Waals surface area (Å²) in [6.07, 6.45) is 5.51. The first-order chi connectivity index (χ1) is 4.84. The molecule has 1 saturated carbocycles. The molecule has 0 spiro atoms. The first-order valence-electron chi connectivity index (χ1n) is 3.48. The van der Waals surface area contributed by atoms with Gasteiger partial charge in [-0.25, -0.2) is 0 Å². The van der Waals surface area contributed by atoms with Gasteiger partial charge in [-0.15, -0.1) is 0 Å². The summed E-state index contributed by atoms with van der Waals surface area (Å²) in [5.41, 5.74) is 2.60. The summed E-state index contributed by atoms with van der Waals surface area (Å²) in [5.74, 6) is 0. The van der Waals surface area contributed by atoms with Crippen molar-refractivity contribution in [1.29, 1.82) is 0 Å². The van der Waals surface area contributed by atoms with Crippen LogP contribution in [0.1, 0.15) is 19.3 Å².